The second-order valence-corrected chi connectivity index (χ2v) is 4.51. The Morgan fingerprint density at radius 1 is 1.53 bits per heavy atom. The van der Waals surface area contributed by atoms with Crippen molar-refractivity contribution in [2.24, 2.45) is 0 Å². The van der Waals surface area contributed by atoms with Gasteiger partial charge < -0.3 is 10.1 Å². The van der Waals surface area contributed by atoms with Crippen LogP contribution in [0.4, 0.5) is 0 Å². The van der Waals surface area contributed by atoms with Gasteiger partial charge in [0.2, 0.25) is 0 Å². The summed E-state index contributed by atoms with van der Waals surface area (Å²) >= 11 is 0. The lowest BCUT2D eigenvalue weighted by Gasteiger charge is -2.13. The van der Waals surface area contributed by atoms with E-state index in [4.69, 9.17) is 4.74 Å². The van der Waals surface area contributed by atoms with Crippen molar-refractivity contribution in [1.82, 2.24) is 5.32 Å². The van der Waals surface area contributed by atoms with Gasteiger partial charge in [-0.15, -0.1) is 0 Å². The lowest BCUT2D eigenvalue weighted by atomic mass is 10.1. The van der Waals surface area contributed by atoms with E-state index in [-0.39, 0.29) is 0 Å². The highest BCUT2D eigenvalue weighted by molar-refractivity contribution is 5.40. The molecule has 2 rings (SSSR count). The van der Waals surface area contributed by atoms with Crippen LogP contribution in [0.3, 0.4) is 0 Å². The fourth-order valence-electron chi connectivity index (χ4n) is 2.37. The van der Waals surface area contributed by atoms with Crippen LogP contribution in [0.25, 0.3) is 0 Å². The van der Waals surface area contributed by atoms with Crippen LogP contribution in [0.15, 0.2) is 30.9 Å². The minimum absolute atomic E-state index is 0.540. The molecular formula is C15H21NO. The first kappa shape index (κ1) is 12.2. The van der Waals surface area contributed by atoms with Gasteiger partial charge in [-0.25, -0.2) is 0 Å². The minimum atomic E-state index is 0.540. The van der Waals surface area contributed by atoms with Gasteiger partial charge in [0.15, 0.2) is 0 Å². The standard InChI is InChI=1S/C15H21NO/c1-3-9-16-15-8-5-12-11-13(17-10-4-2)6-7-14(12)15/h4,6-7,11,15-16H,2-3,5,8-10H2,1H3. The highest BCUT2D eigenvalue weighted by Gasteiger charge is 2.21. The summed E-state index contributed by atoms with van der Waals surface area (Å²) in [7, 11) is 0. The zero-order chi connectivity index (χ0) is 12.1. The maximum Gasteiger partial charge on any atom is 0.120 e. The van der Waals surface area contributed by atoms with E-state index in [2.05, 4.69) is 37.0 Å². The molecule has 0 saturated heterocycles. The van der Waals surface area contributed by atoms with E-state index in [0.717, 1.165) is 18.7 Å². The van der Waals surface area contributed by atoms with E-state index >= 15 is 0 Å². The molecule has 0 radical (unpaired) electrons. The Morgan fingerprint density at radius 2 is 2.41 bits per heavy atom. The molecule has 0 saturated carbocycles. The number of hydrogen-bond donors (Lipinski definition) is 1. The average molecular weight is 231 g/mol. The van der Waals surface area contributed by atoms with E-state index in [1.807, 2.05) is 0 Å². The number of benzene rings is 1. The van der Waals surface area contributed by atoms with Crippen LogP contribution in [-0.4, -0.2) is 13.2 Å². The molecule has 1 atom stereocenters. The topological polar surface area (TPSA) is 21.3 Å². The molecule has 0 bridgehead atoms. The third-order valence-corrected chi connectivity index (χ3v) is 3.20. The Hall–Kier alpha value is -1.28. The fraction of sp³-hybridized carbons (Fsp3) is 0.467. The lowest BCUT2D eigenvalue weighted by Crippen LogP contribution is -2.19. The summed E-state index contributed by atoms with van der Waals surface area (Å²) in [6, 6.07) is 6.98. The monoisotopic (exact) mass is 231 g/mol. The number of hydrogen-bond acceptors (Lipinski definition) is 2. The van der Waals surface area contributed by atoms with Gasteiger partial charge in [0.05, 0.1) is 0 Å². The van der Waals surface area contributed by atoms with Gasteiger partial charge in [0.1, 0.15) is 12.4 Å². The van der Waals surface area contributed by atoms with Crippen molar-refractivity contribution in [3.63, 3.8) is 0 Å². The van der Waals surface area contributed by atoms with Gasteiger partial charge in [-0.1, -0.05) is 25.6 Å². The molecule has 0 aromatic heterocycles. The Balaban J connectivity index is 2.05. The molecule has 1 aromatic carbocycles. The molecule has 2 heteroatoms. The summed E-state index contributed by atoms with van der Waals surface area (Å²) in [6.07, 6.45) is 5.33. The molecule has 1 aromatic rings. The molecule has 0 amide bonds. The molecular weight excluding hydrogens is 210 g/mol. The van der Waals surface area contributed by atoms with Crippen molar-refractivity contribution < 1.29 is 4.74 Å². The van der Waals surface area contributed by atoms with Gasteiger partial charge in [-0.2, -0.15) is 0 Å². The van der Waals surface area contributed by atoms with E-state index in [1.54, 1.807) is 6.08 Å². The van der Waals surface area contributed by atoms with Crippen molar-refractivity contribution in [3.05, 3.63) is 42.0 Å². The van der Waals surface area contributed by atoms with Gasteiger partial charge in [0, 0.05) is 6.04 Å². The Bertz CT molecular complexity index is 387. The normalized spacial score (nSPS) is 17.8. The Morgan fingerprint density at radius 3 is 3.18 bits per heavy atom. The van der Waals surface area contributed by atoms with E-state index in [1.165, 1.54) is 24.0 Å². The number of rotatable bonds is 6. The zero-order valence-electron chi connectivity index (χ0n) is 10.5. The smallest absolute Gasteiger partial charge is 0.120 e. The van der Waals surface area contributed by atoms with Gasteiger partial charge in [-0.3, -0.25) is 0 Å². The first-order chi connectivity index (χ1) is 8.35. The molecule has 17 heavy (non-hydrogen) atoms. The summed E-state index contributed by atoms with van der Waals surface area (Å²) in [5.74, 6) is 0.958. The maximum atomic E-state index is 5.56. The van der Waals surface area contributed by atoms with Gasteiger partial charge in [0.25, 0.3) is 0 Å². The molecule has 0 fully saturated rings. The molecule has 1 aliphatic carbocycles. The SMILES string of the molecule is C=CCOc1ccc2c(c1)CCC2NCCC. The third kappa shape index (κ3) is 2.89. The van der Waals surface area contributed by atoms with Crippen molar-refractivity contribution in [2.75, 3.05) is 13.2 Å². The summed E-state index contributed by atoms with van der Waals surface area (Å²) in [5, 5.41) is 3.59. The van der Waals surface area contributed by atoms with Crippen molar-refractivity contribution in [2.45, 2.75) is 32.2 Å². The number of ether oxygens (including phenoxy) is 1. The maximum absolute atomic E-state index is 5.56. The Labute approximate surface area is 104 Å². The van der Waals surface area contributed by atoms with Crippen molar-refractivity contribution in [3.8, 4) is 5.75 Å². The second-order valence-electron chi connectivity index (χ2n) is 4.51. The first-order valence-corrected chi connectivity index (χ1v) is 6.45. The van der Waals surface area contributed by atoms with Gasteiger partial charge >= 0.3 is 0 Å². The average Bonchev–Trinajstić information content (AvgIpc) is 2.76. The van der Waals surface area contributed by atoms with Crippen LogP contribution in [0, 0.1) is 0 Å². The summed E-state index contributed by atoms with van der Waals surface area (Å²) in [4.78, 5) is 0. The molecule has 0 aliphatic heterocycles. The number of aryl methyl sites for hydroxylation is 1. The highest BCUT2D eigenvalue weighted by Crippen LogP contribution is 2.33. The number of fused-ring (bicyclic) bond motifs is 1. The molecule has 1 unspecified atom stereocenters. The minimum Gasteiger partial charge on any atom is -0.490 e. The van der Waals surface area contributed by atoms with Crippen LogP contribution in [0.2, 0.25) is 0 Å². The van der Waals surface area contributed by atoms with E-state index in [0.29, 0.717) is 12.6 Å². The van der Waals surface area contributed by atoms with Crippen LogP contribution >= 0.6 is 0 Å². The fourth-order valence-corrected chi connectivity index (χ4v) is 2.37. The quantitative estimate of drug-likeness (QED) is 0.759. The van der Waals surface area contributed by atoms with E-state index < -0.39 is 0 Å². The molecule has 1 aliphatic rings. The van der Waals surface area contributed by atoms with E-state index in [9.17, 15) is 0 Å². The van der Waals surface area contributed by atoms with Crippen LogP contribution < -0.4 is 10.1 Å². The second kappa shape index (κ2) is 5.87. The number of nitrogens with one attached hydrogen (secondary N) is 1. The van der Waals surface area contributed by atoms with Crippen molar-refractivity contribution in [1.29, 1.82) is 0 Å². The predicted octanol–water partition coefficient (Wildman–Crippen LogP) is 3.24. The van der Waals surface area contributed by atoms with Crippen LogP contribution in [0.1, 0.15) is 36.9 Å². The molecule has 2 nitrogen and oxygen atoms in total. The summed E-state index contributed by atoms with van der Waals surface area (Å²) in [5.41, 5.74) is 2.88. The van der Waals surface area contributed by atoms with Gasteiger partial charge in [-0.05, 0) is 49.1 Å². The summed E-state index contributed by atoms with van der Waals surface area (Å²) in [6.45, 7) is 7.54. The highest BCUT2D eigenvalue weighted by atomic mass is 16.5. The molecule has 92 valence electrons. The zero-order valence-corrected chi connectivity index (χ0v) is 10.5. The molecule has 0 heterocycles. The van der Waals surface area contributed by atoms with Crippen molar-refractivity contribution >= 4 is 0 Å². The summed E-state index contributed by atoms with van der Waals surface area (Å²) < 4.78 is 5.56. The van der Waals surface area contributed by atoms with Crippen LogP contribution in [-0.2, 0) is 6.42 Å². The first-order valence-electron chi connectivity index (χ1n) is 6.45. The van der Waals surface area contributed by atoms with Crippen LogP contribution in [0.5, 0.6) is 5.75 Å². The third-order valence-electron chi connectivity index (χ3n) is 3.20. The lowest BCUT2D eigenvalue weighted by molar-refractivity contribution is 0.363. The predicted molar refractivity (Wildman–Crippen MR) is 71.5 cm³/mol. The largest absolute Gasteiger partial charge is 0.490 e. The molecule has 1 N–H and O–H groups in total. The Kier molecular flexibility index (Phi) is 4.21. The molecule has 0 spiro atoms.